The summed E-state index contributed by atoms with van der Waals surface area (Å²) in [5, 5.41) is 0.172. The van der Waals surface area contributed by atoms with E-state index in [-0.39, 0.29) is 33.9 Å². The molecule has 1 unspecified atom stereocenters. The molecule has 0 saturated heterocycles. The van der Waals surface area contributed by atoms with Crippen LogP contribution in [0.2, 0.25) is 5.02 Å². The van der Waals surface area contributed by atoms with Gasteiger partial charge in [-0.05, 0) is 49.8 Å². The second-order valence-corrected chi connectivity index (χ2v) is 9.36. The number of benzene rings is 2. The first-order valence-corrected chi connectivity index (χ1v) is 12.5. The summed E-state index contributed by atoms with van der Waals surface area (Å²) in [4.78, 5) is 31.6. The second kappa shape index (κ2) is 11.1. The normalized spacial score (nSPS) is 15.2. The minimum atomic E-state index is -0.865. The number of aromatic nitrogens is 1. The molecule has 0 saturated carbocycles. The fourth-order valence-electron chi connectivity index (χ4n) is 4.01. The Morgan fingerprint density at radius 3 is 2.76 bits per heavy atom. The molecule has 37 heavy (non-hydrogen) atoms. The summed E-state index contributed by atoms with van der Waals surface area (Å²) in [5.41, 5.74) is 0.848. The zero-order valence-electron chi connectivity index (χ0n) is 20.4. The number of rotatable bonds is 8. The van der Waals surface area contributed by atoms with Crippen LogP contribution in [0.1, 0.15) is 31.0 Å². The van der Waals surface area contributed by atoms with Crippen molar-refractivity contribution in [1.82, 2.24) is 4.57 Å². The van der Waals surface area contributed by atoms with Crippen molar-refractivity contribution in [3.63, 3.8) is 0 Å². The number of carbonyl (C=O) groups excluding carboxylic acids is 1. The molecule has 0 bridgehead atoms. The monoisotopic (exact) mass is 542 g/mol. The third-order valence-electron chi connectivity index (χ3n) is 5.65. The Kier molecular flexibility index (Phi) is 7.94. The Hall–Kier alpha value is -3.69. The molecule has 1 aromatic heterocycles. The first-order valence-electron chi connectivity index (χ1n) is 11.4. The molecule has 1 aliphatic heterocycles. The number of nitrogens with zero attached hydrogens (tertiary/aromatic N) is 2. The number of hydrogen-bond donors (Lipinski definition) is 0. The molecule has 4 rings (SSSR count). The smallest absolute Gasteiger partial charge is 0.338 e. The van der Waals surface area contributed by atoms with Gasteiger partial charge in [-0.25, -0.2) is 14.2 Å². The lowest BCUT2D eigenvalue weighted by molar-refractivity contribution is -0.139. The molecule has 2 aromatic carbocycles. The van der Waals surface area contributed by atoms with Gasteiger partial charge in [0.25, 0.3) is 5.56 Å². The summed E-state index contributed by atoms with van der Waals surface area (Å²) in [5.74, 6) is -0.257. The maximum absolute atomic E-state index is 14.5. The van der Waals surface area contributed by atoms with Crippen molar-refractivity contribution in [3.8, 4) is 11.5 Å². The van der Waals surface area contributed by atoms with Crippen LogP contribution in [0.4, 0.5) is 4.39 Å². The fourth-order valence-corrected chi connectivity index (χ4v) is 5.25. The molecule has 1 atom stereocenters. The van der Waals surface area contributed by atoms with Crippen LogP contribution in [-0.4, -0.2) is 30.9 Å². The molecule has 0 fully saturated rings. The van der Waals surface area contributed by atoms with E-state index in [1.807, 2.05) is 0 Å². The second-order valence-electron chi connectivity index (χ2n) is 7.95. The van der Waals surface area contributed by atoms with Crippen LogP contribution in [0.25, 0.3) is 6.08 Å². The van der Waals surface area contributed by atoms with Crippen molar-refractivity contribution in [2.24, 2.45) is 4.99 Å². The van der Waals surface area contributed by atoms with Gasteiger partial charge < -0.3 is 14.2 Å². The summed E-state index contributed by atoms with van der Waals surface area (Å²) >= 11 is 7.27. The quantitative estimate of drug-likeness (QED) is 0.315. The van der Waals surface area contributed by atoms with E-state index in [0.717, 1.165) is 11.3 Å². The molecule has 1 aliphatic rings. The Balaban J connectivity index is 1.97. The van der Waals surface area contributed by atoms with E-state index < -0.39 is 23.4 Å². The van der Waals surface area contributed by atoms with Crippen molar-refractivity contribution in [2.75, 3.05) is 20.3 Å². The number of halogens is 2. The molecule has 10 heteroatoms. The van der Waals surface area contributed by atoms with E-state index in [1.54, 1.807) is 44.2 Å². The summed E-state index contributed by atoms with van der Waals surface area (Å²) < 4.78 is 32.6. The van der Waals surface area contributed by atoms with E-state index in [2.05, 4.69) is 11.6 Å². The van der Waals surface area contributed by atoms with Crippen LogP contribution in [0.5, 0.6) is 11.5 Å². The molecule has 7 nitrogen and oxygen atoms in total. The van der Waals surface area contributed by atoms with Crippen LogP contribution in [0.15, 0.2) is 70.1 Å². The van der Waals surface area contributed by atoms with Gasteiger partial charge in [0, 0.05) is 5.56 Å². The lowest BCUT2D eigenvalue weighted by atomic mass is 9.95. The van der Waals surface area contributed by atoms with E-state index >= 15 is 0 Å². The lowest BCUT2D eigenvalue weighted by Crippen LogP contribution is -2.40. The molecule has 0 amide bonds. The van der Waals surface area contributed by atoms with Crippen molar-refractivity contribution in [3.05, 3.63) is 102 Å². The predicted octanol–water partition coefficient (Wildman–Crippen LogP) is 4.16. The van der Waals surface area contributed by atoms with Gasteiger partial charge in [-0.2, -0.15) is 0 Å². The van der Waals surface area contributed by atoms with Gasteiger partial charge >= 0.3 is 5.97 Å². The van der Waals surface area contributed by atoms with Crippen LogP contribution < -0.4 is 24.4 Å². The van der Waals surface area contributed by atoms with E-state index in [1.165, 1.54) is 29.9 Å². The van der Waals surface area contributed by atoms with Crippen molar-refractivity contribution >= 4 is 35.0 Å². The predicted molar refractivity (Wildman–Crippen MR) is 140 cm³/mol. The van der Waals surface area contributed by atoms with Gasteiger partial charge in [-0.1, -0.05) is 47.7 Å². The number of esters is 1. The van der Waals surface area contributed by atoms with Crippen LogP contribution >= 0.6 is 22.9 Å². The van der Waals surface area contributed by atoms with Crippen molar-refractivity contribution < 1.29 is 23.4 Å². The minimum Gasteiger partial charge on any atom is -0.493 e. The highest BCUT2D eigenvalue weighted by Crippen LogP contribution is 2.36. The Morgan fingerprint density at radius 1 is 1.30 bits per heavy atom. The number of ether oxygens (including phenoxy) is 3. The Morgan fingerprint density at radius 2 is 2.08 bits per heavy atom. The third-order valence-corrected chi connectivity index (χ3v) is 6.96. The molecular formula is C27H24ClFN2O5S. The van der Waals surface area contributed by atoms with Gasteiger partial charge in [-0.3, -0.25) is 9.36 Å². The van der Waals surface area contributed by atoms with Crippen molar-refractivity contribution in [1.29, 1.82) is 0 Å². The number of hydrogen-bond acceptors (Lipinski definition) is 7. The molecule has 0 N–H and O–H groups in total. The van der Waals surface area contributed by atoms with Crippen LogP contribution in [0, 0.1) is 5.82 Å². The SMILES string of the molecule is C=CCOc1ccc(C2C(C(=O)OCC)=C(C)N=c3s/c(=C\c4c(F)cccc4Cl)c(=O)n32)cc1OC. The highest BCUT2D eigenvalue weighted by Gasteiger charge is 2.34. The maximum atomic E-state index is 14.5. The van der Waals surface area contributed by atoms with Gasteiger partial charge in [0.05, 0.1) is 40.6 Å². The van der Waals surface area contributed by atoms with Crippen LogP contribution in [-0.2, 0) is 9.53 Å². The number of allylic oxidation sites excluding steroid dienone is 1. The zero-order valence-corrected chi connectivity index (χ0v) is 22.0. The average molecular weight is 543 g/mol. The molecule has 0 aliphatic carbocycles. The molecule has 3 aromatic rings. The minimum absolute atomic E-state index is 0.0951. The number of fused-ring (bicyclic) bond motifs is 1. The average Bonchev–Trinajstić information content (AvgIpc) is 3.18. The summed E-state index contributed by atoms with van der Waals surface area (Å²) in [6.45, 7) is 7.46. The Labute approximate surface area is 221 Å². The summed E-state index contributed by atoms with van der Waals surface area (Å²) in [7, 11) is 1.50. The number of methoxy groups -OCH3 is 1. The highest BCUT2D eigenvalue weighted by molar-refractivity contribution is 7.07. The van der Waals surface area contributed by atoms with E-state index in [9.17, 15) is 14.0 Å². The zero-order chi connectivity index (χ0) is 26.7. The van der Waals surface area contributed by atoms with Gasteiger partial charge in [-0.15, -0.1) is 0 Å². The van der Waals surface area contributed by atoms with E-state index in [4.69, 9.17) is 25.8 Å². The number of thiazole rings is 1. The molecule has 0 spiro atoms. The van der Waals surface area contributed by atoms with E-state index in [0.29, 0.717) is 27.6 Å². The van der Waals surface area contributed by atoms with Crippen LogP contribution in [0.3, 0.4) is 0 Å². The lowest BCUT2D eigenvalue weighted by Gasteiger charge is -2.25. The van der Waals surface area contributed by atoms with Crippen molar-refractivity contribution in [2.45, 2.75) is 19.9 Å². The summed E-state index contributed by atoms with van der Waals surface area (Å²) in [6, 6.07) is 8.58. The first kappa shape index (κ1) is 26.4. The standard InChI is InChI=1S/C27H24ClFN2O5S/c1-5-12-36-20-11-10-16(13-21(20)34-4)24-23(26(33)35-6-2)15(3)30-27-31(24)25(32)22(37-27)14-17-18(28)8-7-9-19(17)29/h5,7-11,13-14,24H,1,6,12H2,2-4H3/b22-14-. The molecule has 2 heterocycles. The van der Waals surface area contributed by atoms with Gasteiger partial charge in [0.1, 0.15) is 12.4 Å². The van der Waals surface area contributed by atoms with Gasteiger partial charge in [0.2, 0.25) is 0 Å². The highest BCUT2D eigenvalue weighted by atomic mass is 35.5. The Bertz CT molecular complexity index is 1570. The topological polar surface area (TPSA) is 79.1 Å². The van der Waals surface area contributed by atoms with Gasteiger partial charge in [0.15, 0.2) is 16.3 Å². The summed E-state index contributed by atoms with van der Waals surface area (Å²) in [6.07, 6.45) is 3.01. The number of carbonyl (C=O) groups is 1. The largest absolute Gasteiger partial charge is 0.493 e. The fraction of sp³-hybridized carbons (Fsp3) is 0.222. The third kappa shape index (κ3) is 5.10. The molecule has 0 radical (unpaired) electrons. The maximum Gasteiger partial charge on any atom is 0.338 e. The first-order chi connectivity index (χ1) is 17.8. The molecule has 192 valence electrons. The molecular weight excluding hydrogens is 519 g/mol.